The van der Waals surface area contributed by atoms with E-state index < -0.39 is 29.4 Å². The maximum absolute atomic E-state index is 12.4. The van der Waals surface area contributed by atoms with Crippen molar-refractivity contribution in [3.63, 3.8) is 0 Å². The number of carbonyl (C=O) groups is 2. The van der Waals surface area contributed by atoms with Crippen LogP contribution in [0.3, 0.4) is 0 Å². The van der Waals surface area contributed by atoms with Crippen LogP contribution in [0.1, 0.15) is 17.3 Å². The van der Waals surface area contributed by atoms with Gasteiger partial charge in [-0.15, -0.1) is 0 Å². The lowest BCUT2D eigenvalue weighted by atomic mass is 9.89. The molecule has 0 saturated heterocycles. The van der Waals surface area contributed by atoms with Gasteiger partial charge in [0.15, 0.2) is 5.78 Å². The summed E-state index contributed by atoms with van der Waals surface area (Å²) >= 11 is 0. The highest BCUT2D eigenvalue weighted by atomic mass is 19.4. The summed E-state index contributed by atoms with van der Waals surface area (Å²) in [6.07, 6.45) is -4.99. The largest absolute Gasteiger partial charge is 0.429 e. The molecule has 0 bridgehead atoms. The summed E-state index contributed by atoms with van der Waals surface area (Å²) in [6, 6.07) is 7.15. The van der Waals surface area contributed by atoms with E-state index in [1.807, 2.05) is 0 Å². The van der Waals surface area contributed by atoms with E-state index in [2.05, 4.69) is 0 Å². The first-order valence-corrected chi connectivity index (χ1v) is 5.00. The van der Waals surface area contributed by atoms with Crippen LogP contribution in [-0.4, -0.2) is 23.5 Å². The maximum Gasteiger partial charge on any atom is 0.429 e. The Balaban J connectivity index is 3.12. The number of Topliss-reactive ketones (excluding diaryl/α,β-unsaturated/α-hetero) is 2. The zero-order chi connectivity index (χ0) is 13.9. The van der Waals surface area contributed by atoms with Crippen LogP contribution in [0.25, 0.3) is 0 Å². The molecule has 1 atom stereocenters. The van der Waals surface area contributed by atoms with Crippen molar-refractivity contribution in [3.8, 4) is 0 Å². The second kappa shape index (κ2) is 5.12. The van der Waals surface area contributed by atoms with Crippen molar-refractivity contribution in [1.29, 1.82) is 5.41 Å². The fraction of sp³-hybridized carbons (Fsp3) is 0.250. The lowest BCUT2D eigenvalue weighted by Crippen LogP contribution is -2.38. The monoisotopic (exact) mass is 257 g/mol. The second-order valence-corrected chi connectivity index (χ2v) is 3.69. The molecule has 0 spiro atoms. The molecule has 0 amide bonds. The zero-order valence-corrected chi connectivity index (χ0v) is 9.41. The van der Waals surface area contributed by atoms with Crippen LogP contribution in [0.15, 0.2) is 30.3 Å². The minimum atomic E-state index is -4.99. The van der Waals surface area contributed by atoms with Crippen LogP contribution in [-0.2, 0) is 4.79 Å². The fourth-order valence-corrected chi connectivity index (χ4v) is 1.45. The number of nitrogens with one attached hydrogen (secondary N) is 1. The van der Waals surface area contributed by atoms with Gasteiger partial charge in [0.2, 0.25) is 0 Å². The van der Waals surface area contributed by atoms with Crippen molar-refractivity contribution in [3.05, 3.63) is 35.9 Å². The molecule has 1 N–H and O–H groups in total. The molecule has 0 aromatic heterocycles. The van der Waals surface area contributed by atoms with Crippen molar-refractivity contribution in [2.24, 2.45) is 5.92 Å². The number of alkyl halides is 3. The molecule has 96 valence electrons. The Kier molecular flexibility index (Phi) is 4.00. The molecule has 1 aromatic rings. The van der Waals surface area contributed by atoms with E-state index in [-0.39, 0.29) is 5.56 Å². The summed E-state index contributed by atoms with van der Waals surface area (Å²) < 4.78 is 37.2. The van der Waals surface area contributed by atoms with Gasteiger partial charge in [-0.1, -0.05) is 30.3 Å². The third-order valence-corrected chi connectivity index (χ3v) is 2.32. The standard InChI is InChI=1S/C12H10F3NO2/c1-7(17)9(11(16)12(13,14)15)10(18)8-5-3-2-4-6-8/h2-6,9,16H,1H3/t9-/m0/s1. The van der Waals surface area contributed by atoms with Crippen LogP contribution in [0, 0.1) is 11.3 Å². The van der Waals surface area contributed by atoms with Gasteiger partial charge >= 0.3 is 6.18 Å². The Hall–Kier alpha value is -1.98. The molecule has 1 rings (SSSR count). The van der Waals surface area contributed by atoms with Crippen molar-refractivity contribution < 1.29 is 22.8 Å². The fourth-order valence-electron chi connectivity index (χ4n) is 1.45. The molecule has 0 aliphatic rings. The lowest BCUT2D eigenvalue weighted by Gasteiger charge is -2.16. The number of carbonyl (C=O) groups excluding carboxylic acids is 2. The van der Waals surface area contributed by atoms with Crippen LogP contribution >= 0.6 is 0 Å². The molecule has 0 saturated carbocycles. The Bertz CT molecular complexity index is 480. The van der Waals surface area contributed by atoms with Gasteiger partial charge in [0.1, 0.15) is 17.4 Å². The molecule has 0 heterocycles. The van der Waals surface area contributed by atoms with Crippen LogP contribution in [0.5, 0.6) is 0 Å². The number of halogens is 3. The van der Waals surface area contributed by atoms with E-state index in [0.717, 1.165) is 6.92 Å². The Morgan fingerprint density at radius 1 is 1.17 bits per heavy atom. The molecule has 6 heteroatoms. The van der Waals surface area contributed by atoms with Gasteiger partial charge in [0.25, 0.3) is 0 Å². The highest BCUT2D eigenvalue weighted by molar-refractivity contribution is 6.25. The van der Waals surface area contributed by atoms with Crippen molar-refractivity contribution in [2.45, 2.75) is 13.1 Å². The van der Waals surface area contributed by atoms with E-state index >= 15 is 0 Å². The topological polar surface area (TPSA) is 58.0 Å². The number of rotatable bonds is 4. The maximum atomic E-state index is 12.4. The van der Waals surface area contributed by atoms with Gasteiger partial charge in [-0.3, -0.25) is 15.0 Å². The summed E-state index contributed by atoms with van der Waals surface area (Å²) in [7, 11) is 0. The molecule has 0 fully saturated rings. The Morgan fingerprint density at radius 2 is 1.67 bits per heavy atom. The Morgan fingerprint density at radius 3 is 2.06 bits per heavy atom. The molecule has 1 aromatic carbocycles. The second-order valence-electron chi connectivity index (χ2n) is 3.69. The molecule has 0 aliphatic heterocycles. The summed E-state index contributed by atoms with van der Waals surface area (Å²) in [5.74, 6) is -4.09. The predicted molar refractivity (Wildman–Crippen MR) is 58.7 cm³/mol. The van der Waals surface area contributed by atoms with E-state index in [1.165, 1.54) is 24.3 Å². The average molecular weight is 257 g/mol. The molecule has 0 radical (unpaired) electrons. The smallest absolute Gasteiger partial charge is 0.299 e. The minimum absolute atomic E-state index is 0.0216. The molecule has 3 nitrogen and oxygen atoms in total. The summed E-state index contributed by atoms with van der Waals surface area (Å²) in [4.78, 5) is 23.0. The predicted octanol–water partition coefficient (Wildman–Crippen LogP) is 2.66. The Labute approximate surface area is 101 Å². The average Bonchev–Trinajstić information content (AvgIpc) is 2.28. The quantitative estimate of drug-likeness (QED) is 0.512. The number of benzene rings is 1. The van der Waals surface area contributed by atoms with Gasteiger partial charge < -0.3 is 0 Å². The first-order valence-electron chi connectivity index (χ1n) is 5.00. The van der Waals surface area contributed by atoms with Crippen molar-refractivity contribution in [1.82, 2.24) is 0 Å². The molecular weight excluding hydrogens is 247 g/mol. The van der Waals surface area contributed by atoms with E-state index in [1.54, 1.807) is 6.07 Å². The molecule has 0 unspecified atom stereocenters. The highest BCUT2D eigenvalue weighted by Crippen LogP contribution is 2.24. The summed E-state index contributed by atoms with van der Waals surface area (Å²) in [5.41, 5.74) is -1.85. The normalized spacial score (nSPS) is 12.9. The highest BCUT2D eigenvalue weighted by Gasteiger charge is 2.44. The van der Waals surface area contributed by atoms with E-state index in [0.29, 0.717) is 0 Å². The van der Waals surface area contributed by atoms with Gasteiger partial charge in [0.05, 0.1) is 0 Å². The van der Waals surface area contributed by atoms with Gasteiger partial charge in [-0.25, -0.2) is 0 Å². The van der Waals surface area contributed by atoms with Crippen LogP contribution < -0.4 is 0 Å². The first-order chi connectivity index (χ1) is 8.25. The molecule has 18 heavy (non-hydrogen) atoms. The third kappa shape index (κ3) is 3.03. The van der Waals surface area contributed by atoms with E-state index in [4.69, 9.17) is 5.41 Å². The van der Waals surface area contributed by atoms with E-state index in [9.17, 15) is 22.8 Å². The van der Waals surface area contributed by atoms with Gasteiger partial charge in [0, 0.05) is 5.56 Å². The number of hydrogen-bond donors (Lipinski definition) is 1. The van der Waals surface area contributed by atoms with Crippen LogP contribution in [0.4, 0.5) is 13.2 Å². The first kappa shape index (κ1) is 14.1. The summed E-state index contributed by atoms with van der Waals surface area (Å²) in [6.45, 7) is 0.867. The van der Waals surface area contributed by atoms with Crippen LogP contribution in [0.2, 0.25) is 0 Å². The number of hydrogen-bond acceptors (Lipinski definition) is 3. The van der Waals surface area contributed by atoms with Gasteiger partial charge in [-0.05, 0) is 6.92 Å². The van der Waals surface area contributed by atoms with Crippen molar-refractivity contribution in [2.75, 3.05) is 0 Å². The SMILES string of the molecule is CC(=O)[C@H](C(=N)C(F)(F)F)C(=O)c1ccccc1. The van der Waals surface area contributed by atoms with Gasteiger partial charge in [-0.2, -0.15) is 13.2 Å². The molecular formula is C12H10F3NO2. The third-order valence-electron chi connectivity index (χ3n) is 2.32. The summed E-state index contributed by atoms with van der Waals surface area (Å²) in [5, 5.41) is 6.94. The van der Waals surface area contributed by atoms with Crippen molar-refractivity contribution >= 4 is 17.3 Å². The number of ketones is 2. The zero-order valence-electron chi connectivity index (χ0n) is 9.41. The lowest BCUT2D eigenvalue weighted by molar-refractivity contribution is -0.119. The minimum Gasteiger partial charge on any atom is -0.299 e. The molecule has 0 aliphatic carbocycles.